The second-order valence-corrected chi connectivity index (χ2v) is 7.36. The van der Waals surface area contributed by atoms with Gasteiger partial charge in [0.2, 0.25) is 11.1 Å². The van der Waals surface area contributed by atoms with Gasteiger partial charge in [0.25, 0.3) is 0 Å². The van der Waals surface area contributed by atoms with Crippen LogP contribution in [0, 0.1) is 0 Å². The lowest BCUT2D eigenvalue weighted by atomic mass is 10.2. The van der Waals surface area contributed by atoms with Crippen LogP contribution in [0.25, 0.3) is 11.4 Å². The van der Waals surface area contributed by atoms with Crippen molar-refractivity contribution in [2.75, 3.05) is 16.9 Å². The number of anilines is 1. The first kappa shape index (κ1) is 20.4. The van der Waals surface area contributed by atoms with Crippen molar-refractivity contribution in [2.24, 2.45) is 0 Å². The van der Waals surface area contributed by atoms with Crippen LogP contribution in [0.1, 0.15) is 24.2 Å². The summed E-state index contributed by atoms with van der Waals surface area (Å²) in [6.07, 6.45) is -0.216. The summed E-state index contributed by atoms with van der Waals surface area (Å²) in [6.45, 7) is 3.56. The molecule has 0 bridgehead atoms. The van der Waals surface area contributed by atoms with Crippen molar-refractivity contribution in [1.82, 2.24) is 14.9 Å². The minimum absolute atomic E-state index is 0.0881. The van der Waals surface area contributed by atoms with E-state index in [0.29, 0.717) is 22.2 Å². The molecular formula is C20H21N5O3S. The maximum absolute atomic E-state index is 12.3. The van der Waals surface area contributed by atoms with Crippen LogP contribution in [0.4, 0.5) is 5.69 Å². The average Bonchev–Trinajstić information content (AvgIpc) is 3.07. The molecule has 0 saturated heterocycles. The number of thioether (sulfide) groups is 1. The molecule has 9 heteroatoms. The van der Waals surface area contributed by atoms with E-state index in [0.717, 1.165) is 5.56 Å². The zero-order valence-corrected chi connectivity index (χ0v) is 16.8. The molecule has 0 aliphatic carbocycles. The van der Waals surface area contributed by atoms with E-state index in [2.05, 4.69) is 15.5 Å². The number of amides is 1. The van der Waals surface area contributed by atoms with E-state index >= 15 is 0 Å². The molecule has 29 heavy (non-hydrogen) atoms. The van der Waals surface area contributed by atoms with Crippen LogP contribution in [-0.2, 0) is 9.53 Å². The predicted octanol–water partition coefficient (Wildman–Crippen LogP) is 2.95. The summed E-state index contributed by atoms with van der Waals surface area (Å²) in [5.41, 5.74) is 1.72. The smallest absolute Gasteiger partial charge is 0.338 e. The van der Waals surface area contributed by atoms with Crippen molar-refractivity contribution in [1.29, 1.82) is 0 Å². The van der Waals surface area contributed by atoms with Gasteiger partial charge in [0.1, 0.15) is 0 Å². The van der Waals surface area contributed by atoms with Gasteiger partial charge in [0.15, 0.2) is 5.82 Å². The fourth-order valence-corrected chi connectivity index (χ4v) is 3.15. The van der Waals surface area contributed by atoms with Crippen molar-refractivity contribution >= 4 is 29.3 Å². The van der Waals surface area contributed by atoms with Crippen LogP contribution in [0.3, 0.4) is 0 Å². The number of esters is 1. The maximum Gasteiger partial charge on any atom is 0.338 e. The zero-order chi connectivity index (χ0) is 20.8. The Hall–Kier alpha value is -3.33. The molecule has 0 aliphatic heterocycles. The molecule has 0 aliphatic rings. The minimum atomic E-state index is -0.435. The van der Waals surface area contributed by atoms with Gasteiger partial charge in [-0.05, 0) is 32.0 Å². The molecule has 0 saturated carbocycles. The maximum atomic E-state index is 12.3. The van der Waals surface area contributed by atoms with E-state index in [1.807, 2.05) is 30.3 Å². The number of aromatic nitrogens is 3. The number of carbonyl (C=O) groups excluding carboxylic acids is 2. The number of nitrogens with two attached hydrogens (primary N) is 1. The van der Waals surface area contributed by atoms with E-state index in [1.165, 1.54) is 16.4 Å². The van der Waals surface area contributed by atoms with Crippen LogP contribution in [0.5, 0.6) is 0 Å². The summed E-state index contributed by atoms with van der Waals surface area (Å²) in [5, 5.41) is 11.3. The molecule has 3 rings (SSSR count). The van der Waals surface area contributed by atoms with Gasteiger partial charge in [-0.3, -0.25) is 4.79 Å². The summed E-state index contributed by atoms with van der Waals surface area (Å²) < 4.78 is 6.52. The second-order valence-electron chi connectivity index (χ2n) is 6.41. The van der Waals surface area contributed by atoms with Crippen molar-refractivity contribution in [2.45, 2.75) is 25.1 Å². The summed E-state index contributed by atoms with van der Waals surface area (Å²) in [6, 6.07) is 16.0. The van der Waals surface area contributed by atoms with Crippen molar-refractivity contribution in [3.63, 3.8) is 0 Å². The van der Waals surface area contributed by atoms with Gasteiger partial charge in [-0.1, -0.05) is 48.2 Å². The van der Waals surface area contributed by atoms with Crippen LogP contribution >= 0.6 is 11.8 Å². The predicted molar refractivity (Wildman–Crippen MR) is 112 cm³/mol. The van der Waals surface area contributed by atoms with Gasteiger partial charge in [0, 0.05) is 11.3 Å². The Labute approximate surface area is 172 Å². The zero-order valence-electron chi connectivity index (χ0n) is 16.0. The Morgan fingerprint density at radius 1 is 1.14 bits per heavy atom. The molecular weight excluding hydrogens is 390 g/mol. The SMILES string of the molecule is CC(C)OC(=O)c1cccc(NC(=O)CSc2nnc(-c3ccccc3)n2N)c1. The van der Waals surface area contributed by atoms with Gasteiger partial charge in [0.05, 0.1) is 17.4 Å². The van der Waals surface area contributed by atoms with Crippen LogP contribution in [-0.4, -0.2) is 38.6 Å². The van der Waals surface area contributed by atoms with Crippen LogP contribution < -0.4 is 11.2 Å². The van der Waals surface area contributed by atoms with Gasteiger partial charge in [-0.15, -0.1) is 10.2 Å². The first-order valence-electron chi connectivity index (χ1n) is 8.93. The summed E-state index contributed by atoms with van der Waals surface area (Å²) in [7, 11) is 0. The topological polar surface area (TPSA) is 112 Å². The molecule has 1 aromatic heterocycles. The first-order chi connectivity index (χ1) is 13.9. The third-order valence-corrected chi connectivity index (χ3v) is 4.70. The molecule has 8 nitrogen and oxygen atoms in total. The Balaban J connectivity index is 1.60. The molecule has 0 fully saturated rings. The van der Waals surface area contributed by atoms with E-state index in [4.69, 9.17) is 10.6 Å². The van der Waals surface area contributed by atoms with Crippen LogP contribution in [0.15, 0.2) is 59.8 Å². The summed E-state index contributed by atoms with van der Waals surface area (Å²) in [4.78, 5) is 24.3. The van der Waals surface area contributed by atoms with Gasteiger partial charge in [-0.2, -0.15) is 0 Å². The van der Waals surface area contributed by atoms with Crippen molar-refractivity contribution in [3.8, 4) is 11.4 Å². The highest BCUT2D eigenvalue weighted by Crippen LogP contribution is 2.21. The van der Waals surface area contributed by atoms with Gasteiger partial charge >= 0.3 is 5.97 Å². The first-order valence-corrected chi connectivity index (χ1v) is 9.92. The normalized spacial score (nSPS) is 10.7. The van der Waals surface area contributed by atoms with Crippen molar-refractivity contribution < 1.29 is 14.3 Å². The van der Waals surface area contributed by atoms with E-state index in [-0.39, 0.29) is 17.8 Å². The highest BCUT2D eigenvalue weighted by atomic mass is 32.2. The third kappa shape index (κ3) is 5.35. The molecule has 0 spiro atoms. The van der Waals surface area contributed by atoms with Gasteiger partial charge < -0.3 is 15.9 Å². The quantitative estimate of drug-likeness (QED) is 0.349. The molecule has 0 radical (unpaired) electrons. The molecule has 0 atom stereocenters. The molecule has 1 heterocycles. The fraction of sp³-hybridized carbons (Fsp3) is 0.200. The molecule has 2 aromatic carbocycles. The standard InChI is InChI=1S/C20H21N5O3S/c1-13(2)28-19(27)15-9-6-10-16(11-15)22-17(26)12-29-20-24-23-18(25(20)21)14-7-4-3-5-8-14/h3-11,13H,12,21H2,1-2H3,(H,22,26). The lowest BCUT2D eigenvalue weighted by Gasteiger charge is -2.09. The number of benzene rings is 2. The number of rotatable bonds is 7. The number of nitrogens with zero attached hydrogens (tertiary/aromatic N) is 3. The summed E-state index contributed by atoms with van der Waals surface area (Å²) in [5.74, 6) is 5.97. The van der Waals surface area contributed by atoms with E-state index < -0.39 is 5.97 Å². The number of hydrogen-bond acceptors (Lipinski definition) is 7. The van der Waals surface area contributed by atoms with E-state index in [9.17, 15) is 9.59 Å². The molecule has 3 aromatic rings. The Morgan fingerprint density at radius 2 is 1.90 bits per heavy atom. The third-order valence-electron chi connectivity index (χ3n) is 3.75. The van der Waals surface area contributed by atoms with Crippen LogP contribution in [0.2, 0.25) is 0 Å². The molecule has 3 N–H and O–H groups in total. The number of nitrogen functional groups attached to an aromatic ring is 1. The lowest BCUT2D eigenvalue weighted by Crippen LogP contribution is -2.17. The van der Waals surface area contributed by atoms with E-state index in [1.54, 1.807) is 38.1 Å². The monoisotopic (exact) mass is 411 g/mol. The molecule has 0 unspecified atom stereocenters. The highest BCUT2D eigenvalue weighted by molar-refractivity contribution is 7.99. The largest absolute Gasteiger partial charge is 0.459 e. The number of nitrogens with one attached hydrogen (secondary N) is 1. The Morgan fingerprint density at radius 3 is 2.62 bits per heavy atom. The molecule has 150 valence electrons. The molecule has 1 amide bonds. The van der Waals surface area contributed by atoms with Gasteiger partial charge in [-0.25, -0.2) is 9.47 Å². The summed E-state index contributed by atoms with van der Waals surface area (Å²) >= 11 is 1.17. The number of ether oxygens (including phenoxy) is 1. The number of hydrogen-bond donors (Lipinski definition) is 2. The highest BCUT2D eigenvalue weighted by Gasteiger charge is 2.14. The minimum Gasteiger partial charge on any atom is -0.459 e. The fourth-order valence-electron chi connectivity index (χ4n) is 2.49. The number of carbonyl (C=O) groups is 2. The Bertz CT molecular complexity index is 1000. The second kappa shape index (κ2) is 9.24. The lowest BCUT2D eigenvalue weighted by molar-refractivity contribution is -0.113. The van der Waals surface area contributed by atoms with Crippen molar-refractivity contribution in [3.05, 3.63) is 60.2 Å². The average molecular weight is 411 g/mol. The Kier molecular flexibility index (Phi) is 6.50.